The number of anilines is 2. The van der Waals surface area contributed by atoms with Gasteiger partial charge in [0.25, 0.3) is 10.0 Å². The summed E-state index contributed by atoms with van der Waals surface area (Å²) < 4.78 is 39.6. The summed E-state index contributed by atoms with van der Waals surface area (Å²) in [5.41, 5.74) is 2.58. The van der Waals surface area contributed by atoms with Crippen molar-refractivity contribution in [3.63, 3.8) is 0 Å². The van der Waals surface area contributed by atoms with Crippen LogP contribution in [0.25, 0.3) is 0 Å². The first-order valence-electron chi connectivity index (χ1n) is 6.20. The Balaban J connectivity index is 2.44. The summed E-state index contributed by atoms with van der Waals surface area (Å²) in [6, 6.07) is 8.26. The van der Waals surface area contributed by atoms with Gasteiger partial charge < -0.3 is 5.43 Å². The van der Waals surface area contributed by atoms with E-state index in [0.29, 0.717) is 5.82 Å². The number of sulfonamides is 1. The molecule has 0 aliphatic rings. The Morgan fingerprint density at radius 3 is 2.62 bits per heavy atom. The number of pyridine rings is 1. The van der Waals surface area contributed by atoms with Crippen molar-refractivity contribution in [2.75, 3.05) is 16.3 Å². The van der Waals surface area contributed by atoms with Crippen LogP contribution in [0.2, 0.25) is 0 Å². The third kappa shape index (κ3) is 3.11. The molecule has 3 N–H and O–H groups in total. The highest BCUT2D eigenvalue weighted by atomic mass is 32.2. The van der Waals surface area contributed by atoms with Gasteiger partial charge in [-0.05, 0) is 37.3 Å². The molecule has 0 unspecified atom stereocenters. The summed E-state index contributed by atoms with van der Waals surface area (Å²) in [5, 5.41) is 0. The topological polar surface area (TPSA) is 88.3 Å². The summed E-state index contributed by atoms with van der Waals surface area (Å²) >= 11 is 0. The SMILES string of the molecule is CCN(c1cccc(F)c1)S(=O)(=O)c1ccc(NN)nc1. The molecule has 0 fully saturated rings. The lowest BCUT2D eigenvalue weighted by Gasteiger charge is -2.22. The van der Waals surface area contributed by atoms with Gasteiger partial charge in [0.05, 0.1) is 5.69 Å². The Hall–Kier alpha value is -2.19. The molecule has 8 heteroatoms. The third-order valence-corrected chi connectivity index (χ3v) is 4.74. The minimum absolute atomic E-state index is 0.00705. The Bertz CT molecular complexity index is 719. The third-order valence-electron chi connectivity index (χ3n) is 2.86. The molecule has 112 valence electrons. The molecule has 0 bridgehead atoms. The number of hydrogen-bond acceptors (Lipinski definition) is 5. The molecule has 0 saturated carbocycles. The molecule has 2 aromatic rings. The predicted molar refractivity (Wildman–Crippen MR) is 78.7 cm³/mol. The van der Waals surface area contributed by atoms with Gasteiger partial charge in [-0.2, -0.15) is 0 Å². The Morgan fingerprint density at radius 2 is 2.10 bits per heavy atom. The molecule has 0 aliphatic carbocycles. The molecule has 0 amide bonds. The number of hydrogen-bond donors (Lipinski definition) is 2. The molecule has 0 atom stereocenters. The fourth-order valence-electron chi connectivity index (χ4n) is 1.87. The highest BCUT2D eigenvalue weighted by molar-refractivity contribution is 7.92. The molecular formula is C13H15FN4O2S. The van der Waals surface area contributed by atoms with Crippen molar-refractivity contribution < 1.29 is 12.8 Å². The maximum absolute atomic E-state index is 13.3. The monoisotopic (exact) mass is 310 g/mol. The van der Waals surface area contributed by atoms with E-state index in [9.17, 15) is 12.8 Å². The maximum Gasteiger partial charge on any atom is 0.265 e. The zero-order chi connectivity index (χ0) is 15.5. The number of benzene rings is 1. The molecule has 2 rings (SSSR count). The van der Waals surface area contributed by atoms with Crippen LogP contribution in [-0.2, 0) is 10.0 Å². The molecule has 1 heterocycles. The molecule has 0 saturated heterocycles. The van der Waals surface area contributed by atoms with E-state index >= 15 is 0 Å². The van der Waals surface area contributed by atoms with E-state index in [2.05, 4.69) is 10.4 Å². The van der Waals surface area contributed by atoms with Crippen LogP contribution >= 0.6 is 0 Å². The average molecular weight is 310 g/mol. The minimum atomic E-state index is -3.81. The van der Waals surface area contributed by atoms with E-state index in [1.165, 1.54) is 42.6 Å². The lowest BCUT2D eigenvalue weighted by atomic mass is 10.3. The number of aromatic nitrogens is 1. The molecule has 0 spiro atoms. The largest absolute Gasteiger partial charge is 0.308 e. The standard InChI is InChI=1S/C13H15FN4O2S/c1-2-18(11-5-3-4-10(14)8-11)21(19,20)12-6-7-13(17-15)16-9-12/h3-9H,2,15H2,1H3,(H,16,17). The average Bonchev–Trinajstić information content (AvgIpc) is 2.48. The van der Waals surface area contributed by atoms with Crippen molar-refractivity contribution >= 4 is 21.5 Å². The van der Waals surface area contributed by atoms with E-state index in [1.807, 2.05) is 0 Å². The second-order valence-corrected chi connectivity index (χ2v) is 6.04. The van der Waals surface area contributed by atoms with E-state index in [0.717, 1.165) is 4.31 Å². The van der Waals surface area contributed by atoms with Gasteiger partial charge in [-0.3, -0.25) is 4.31 Å². The zero-order valence-electron chi connectivity index (χ0n) is 11.3. The first-order valence-corrected chi connectivity index (χ1v) is 7.64. The van der Waals surface area contributed by atoms with Crippen LogP contribution in [0.15, 0.2) is 47.5 Å². The summed E-state index contributed by atoms with van der Waals surface area (Å²) in [7, 11) is -3.81. The molecule has 0 radical (unpaired) electrons. The summed E-state index contributed by atoms with van der Waals surface area (Å²) in [6.45, 7) is 1.84. The highest BCUT2D eigenvalue weighted by Gasteiger charge is 2.24. The maximum atomic E-state index is 13.3. The summed E-state index contributed by atoms with van der Waals surface area (Å²) in [6.07, 6.45) is 1.20. The van der Waals surface area contributed by atoms with Gasteiger partial charge in [0, 0.05) is 12.7 Å². The van der Waals surface area contributed by atoms with Crippen LogP contribution in [0.4, 0.5) is 15.9 Å². The number of rotatable bonds is 5. The van der Waals surface area contributed by atoms with Crippen molar-refractivity contribution in [1.29, 1.82) is 0 Å². The van der Waals surface area contributed by atoms with Crippen molar-refractivity contribution in [3.05, 3.63) is 48.4 Å². The van der Waals surface area contributed by atoms with Crippen LogP contribution in [0.5, 0.6) is 0 Å². The van der Waals surface area contributed by atoms with Gasteiger partial charge in [-0.1, -0.05) is 6.07 Å². The molecular weight excluding hydrogens is 295 g/mol. The number of halogens is 1. The highest BCUT2D eigenvalue weighted by Crippen LogP contribution is 2.24. The van der Waals surface area contributed by atoms with E-state index in [4.69, 9.17) is 5.84 Å². The number of nitrogens with zero attached hydrogens (tertiary/aromatic N) is 2. The van der Waals surface area contributed by atoms with Crippen LogP contribution in [0.3, 0.4) is 0 Å². The number of nitrogen functional groups attached to an aromatic ring is 1. The second kappa shape index (κ2) is 6.06. The minimum Gasteiger partial charge on any atom is -0.308 e. The molecule has 1 aromatic carbocycles. The first kappa shape index (κ1) is 15.2. The lowest BCUT2D eigenvalue weighted by Crippen LogP contribution is -2.31. The Morgan fingerprint density at radius 1 is 1.33 bits per heavy atom. The Kier molecular flexibility index (Phi) is 4.39. The number of nitrogens with two attached hydrogens (primary N) is 1. The molecule has 6 nitrogen and oxygen atoms in total. The predicted octanol–water partition coefficient (Wildman–Crippen LogP) is 1.72. The number of hydrazine groups is 1. The zero-order valence-corrected chi connectivity index (χ0v) is 12.1. The van der Waals surface area contributed by atoms with Crippen molar-refractivity contribution in [1.82, 2.24) is 4.98 Å². The number of nitrogens with one attached hydrogen (secondary N) is 1. The molecule has 1 aromatic heterocycles. The van der Waals surface area contributed by atoms with E-state index in [1.54, 1.807) is 6.92 Å². The van der Waals surface area contributed by atoms with E-state index in [-0.39, 0.29) is 17.1 Å². The fourth-order valence-corrected chi connectivity index (χ4v) is 3.28. The first-order chi connectivity index (χ1) is 9.98. The van der Waals surface area contributed by atoms with Crippen LogP contribution in [-0.4, -0.2) is 19.9 Å². The summed E-state index contributed by atoms with van der Waals surface area (Å²) in [4.78, 5) is 3.88. The van der Waals surface area contributed by atoms with Gasteiger partial charge in [0.1, 0.15) is 16.5 Å². The fraction of sp³-hybridized carbons (Fsp3) is 0.154. The van der Waals surface area contributed by atoms with Crippen molar-refractivity contribution in [3.8, 4) is 0 Å². The normalized spacial score (nSPS) is 11.2. The smallest absolute Gasteiger partial charge is 0.265 e. The Labute approximate surface area is 122 Å². The second-order valence-electron chi connectivity index (χ2n) is 4.17. The summed E-state index contributed by atoms with van der Waals surface area (Å²) in [5.74, 6) is 5.04. The molecule has 21 heavy (non-hydrogen) atoms. The van der Waals surface area contributed by atoms with Gasteiger partial charge in [0.15, 0.2) is 0 Å². The van der Waals surface area contributed by atoms with Crippen molar-refractivity contribution in [2.24, 2.45) is 5.84 Å². The van der Waals surface area contributed by atoms with Gasteiger partial charge in [-0.15, -0.1) is 0 Å². The lowest BCUT2D eigenvalue weighted by molar-refractivity contribution is 0.591. The molecule has 0 aliphatic heterocycles. The van der Waals surface area contributed by atoms with Crippen LogP contribution in [0.1, 0.15) is 6.92 Å². The van der Waals surface area contributed by atoms with Crippen LogP contribution < -0.4 is 15.6 Å². The van der Waals surface area contributed by atoms with Gasteiger partial charge in [-0.25, -0.2) is 23.6 Å². The van der Waals surface area contributed by atoms with Crippen molar-refractivity contribution in [2.45, 2.75) is 11.8 Å². The van der Waals surface area contributed by atoms with Gasteiger partial charge in [0.2, 0.25) is 0 Å². The van der Waals surface area contributed by atoms with E-state index < -0.39 is 15.8 Å². The van der Waals surface area contributed by atoms with Crippen LogP contribution in [0, 0.1) is 5.82 Å². The van der Waals surface area contributed by atoms with Gasteiger partial charge >= 0.3 is 0 Å². The quantitative estimate of drug-likeness (QED) is 0.648.